The minimum Gasteiger partial charge on any atom is -0.549 e. The third-order valence-corrected chi connectivity index (χ3v) is 1.86. The van der Waals surface area contributed by atoms with Crippen LogP contribution in [0.3, 0.4) is 0 Å². The van der Waals surface area contributed by atoms with E-state index in [1.54, 1.807) is 0 Å². The molecule has 0 saturated carbocycles. The summed E-state index contributed by atoms with van der Waals surface area (Å²) in [6.45, 7) is 0.824. The van der Waals surface area contributed by atoms with Crippen LogP contribution in [0.15, 0.2) is 0 Å². The zero-order chi connectivity index (χ0) is 7.65. The van der Waals surface area contributed by atoms with Crippen LogP contribution < -0.4 is 24.0 Å². The summed E-state index contributed by atoms with van der Waals surface area (Å²) >= 11 is 0. The van der Waals surface area contributed by atoms with Gasteiger partial charge < -0.3 is 9.90 Å². The number of carboxylic acid groups (broad SMARTS) is 1. The molecule has 1 atom stereocenters. The van der Waals surface area contributed by atoms with Gasteiger partial charge in [0.05, 0.1) is 5.97 Å². The summed E-state index contributed by atoms with van der Waals surface area (Å²) in [4.78, 5) is 9.70. The number of rotatable bonds is 2. The molecule has 1 N–H and O–H groups in total. The molecular formula is C3H5LiO5S. The number of carbonyl (C=O) groups excluding carboxylic acids is 1. The van der Waals surface area contributed by atoms with Crippen LogP contribution >= 0.6 is 0 Å². The molecule has 0 amide bonds. The molecule has 7 heteroatoms. The second-order valence-electron chi connectivity index (χ2n) is 1.48. The number of hydrogen-bond donors (Lipinski definition) is 1. The Kier molecular flexibility index (Phi) is 5.03. The first-order valence-corrected chi connectivity index (χ1v) is 3.53. The van der Waals surface area contributed by atoms with Crippen molar-refractivity contribution in [3.8, 4) is 0 Å². The summed E-state index contributed by atoms with van der Waals surface area (Å²) in [6, 6.07) is 0. The Labute approximate surface area is 70.4 Å². The maximum atomic E-state index is 9.91. The quantitative estimate of drug-likeness (QED) is 0.322. The molecule has 0 fully saturated rings. The van der Waals surface area contributed by atoms with Crippen molar-refractivity contribution in [2.45, 2.75) is 12.2 Å². The smallest absolute Gasteiger partial charge is 0.549 e. The van der Waals surface area contributed by atoms with Gasteiger partial charge in [0.1, 0.15) is 5.25 Å². The minimum absolute atomic E-state index is 0. The van der Waals surface area contributed by atoms with Crippen LogP contribution in [-0.2, 0) is 14.9 Å². The van der Waals surface area contributed by atoms with Gasteiger partial charge in [0.25, 0.3) is 10.1 Å². The largest absolute Gasteiger partial charge is 1.00 e. The maximum Gasteiger partial charge on any atom is 1.00 e. The van der Waals surface area contributed by atoms with Gasteiger partial charge in [-0.2, -0.15) is 8.42 Å². The molecule has 0 aliphatic heterocycles. The van der Waals surface area contributed by atoms with E-state index >= 15 is 0 Å². The fourth-order valence-electron chi connectivity index (χ4n) is 0.122. The van der Waals surface area contributed by atoms with E-state index in [9.17, 15) is 18.3 Å². The predicted molar refractivity (Wildman–Crippen MR) is 26.0 cm³/mol. The standard InChI is InChI=1S/C3H6O5S.Li/c1-2(3(4)5)9(6,7)8;/h2H,1H3,(H,4,5)(H,6,7,8);/q;+1/p-1. The SMILES string of the molecule is CC(C(=O)[O-])S(=O)(=O)O.[Li+]. The van der Waals surface area contributed by atoms with E-state index in [4.69, 9.17) is 4.55 Å². The monoisotopic (exact) mass is 160 g/mol. The van der Waals surface area contributed by atoms with Crippen LogP contribution in [0.4, 0.5) is 0 Å². The molecule has 54 valence electrons. The fraction of sp³-hybridized carbons (Fsp3) is 0.667. The molecule has 0 saturated heterocycles. The summed E-state index contributed by atoms with van der Waals surface area (Å²) in [5.74, 6) is -1.81. The van der Waals surface area contributed by atoms with Crippen LogP contribution in [0.2, 0.25) is 0 Å². The van der Waals surface area contributed by atoms with Crippen molar-refractivity contribution in [1.29, 1.82) is 0 Å². The second kappa shape index (κ2) is 3.98. The first-order valence-electron chi connectivity index (χ1n) is 2.03. The Bertz CT molecular complexity index is 207. The first-order chi connectivity index (χ1) is 3.85. The zero-order valence-electron chi connectivity index (χ0n) is 5.57. The second-order valence-corrected chi connectivity index (χ2v) is 3.21. The van der Waals surface area contributed by atoms with Gasteiger partial charge in [-0.15, -0.1) is 0 Å². The van der Waals surface area contributed by atoms with E-state index < -0.39 is 21.3 Å². The van der Waals surface area contributed by atoms with Gasteiger partial charge in [-0.05, 0) is 6.92 Å². The van der Waals surface area contributed by atoms with Crippen LogP contribution in [0.25, 0.3) is 0 Å². The Balaban J connectivity index is 0. The Morgan fingerprint density at radius 3 is 1.90 bits per heavy atom. The summed E-state index contributed by atoms with van der Waals surface area (Å²) in [7, 11) is -4.46. The molecule has 10 heavy (non-hydrogen) atoms. The molecule has 0 radical (unpaired) electrons. The first kappa shape index (κ1) is 12.6. The molecule has 0 aromatic carbocycles. The molecule has 0 bridgehead atoms. The number of hydrogen-bond acceptors (Lipinski definition) is 4. The van der Waals surface area contributed by atoms with Crippen molar-refractivity contribution in [3.63, 3.8) is 0 Å². The van der Waals surface area contributed by atoms with Gasteiger partial charge in [0.15, 0.2) is 0 Å². The average molecular weight is 160 g/mol. The van der Waals surface area contributed by atoms with Crippen LogP contribution in [0.1, 0.15) is 6.92 Å². The Morgan fingerprint density at radius 1 is 1.60 bits per heavy atom. The number of carbonyl (C=O) groups is 1. The fourth-order valence-corrected chi connectivity index (χ4v) is 0.365. The third kappa shape index (κ3) is 3.90. The number of aliphatic carboxylic acids is 1. The molecule has 0 aromatic heterocycles. The third-order valence-electron chi connectivity index (χ3n) is 0.779. The Morgan fingerprint density at radius 2 is 1.90 bits per heavy atom. The summed E-state index contributed by atoms with van der Waals surface area (Å²) in [6.07, 6.45) is 0. The van der Waals surface area contributed by atoms with Crippen molar-refractivity contribution in [1.82, 2.24) is 0 Å². The molecule has 0 rings (SSSR count). The van der Waals surface area contributed by atoms with E-state index in [1.165, 1.54) is 0 Å². The molecule has 0 aliphatic rings. The number of carboxylic acids is 1. The van der Waals surface area contributed by atoms with Crippen LogP contribution in [-0.4, -0.2) is 24.2 Å². The minimum atomic E-state index is -4.46. The van der Waals surface area contributed by atoms with Crippen molar-refractivity contribution in [3.05, 3.63) is 0 Å². The zero-order valence-corrected chi connectivity index (χ0v) is 6.38. The topological polar surface area (TPSA) is 94.5 Å². The van der Waals surface area contributed by atoms with Crippen LogP contribution in [0.5, 0.6) is 0 Å². The average Bonchev–Trinajstić information content (AvgIpc) is 1.62. The van der Waals surface area contributed by atoms with Gasteiger partial charge in [-0.1, -0.05) is 0 Å². The summed E-state index contributed by atoms with van der Waals surface area (Å²) in [5.41, 5.74) is 0. The van der Waals surface area contributed by atoms with E-state index in [2.05, 4.69) is 0 Å². The molecule has 0 spiro atoms. The normalized spacial score (nSPS) is 13.4. The van der Waals surface area contributed by atoms with Crippen LogP contribution in [0, 0.1) is 0 Å². The molecular weight excluding hydrogens is 155 g/mol. The predicted octanol–water partition coefficient (Wildman–Crippen LogP) is -4.98. The molecule has 0 aliphatic carbocycles. The van der Waals surface area contributed by atoms with Gasteiger partial charge >= 0.3 is 18.9 Å². The Hall–Kier alpha value is -0.0226. The molecule has 0 heterocycles. The summed E-state index contributed by atoms with van der Waals surface area (Å²) < 4.78 is 27.8. The summed E-state index contributed by atoms with van der Waals surface area (Å²) in [5, 5.41) is 7.85. The van der Waals surface area contributed by atoms with Gasteiger partial charge in [0.2, 0.25) is 0 Å². The van der Waals surface area contributed by atoms with E-state index in [0.29, 0.717) is 0 Å². The van der Waals surface area contributed by atoms with E-state index in [0.717, 1.165) is 6.92 Å². The molecule has 5 nitrogen and oxygen atoms in total. The van der Waals surface area contributed by atoms with E-state index in [1.807, 2.05) is 0 Å². The van der Waals surface area contributed by atoms with E-state index in [-0.39, 0.29) is 18.9 Å². The molecule has 0 aromatic rings. The van der Waals surface area contributed by atoms with Gasteiger partial charge in [-0.3, -0.25) is 4.55 Å². The van der Waals surface area contributed by atoms with Gasteiger partial charge in [0, 0.05) is 0 Å². The van der Waals surface area contributed by atoms with Crippen molar-refractivity contribution in [2.24, 2.45) is 0 Å². The van der Waals surface area contributed by atoms with Crippen molar-refractivity contribution >= 4 is 16.1 Å². The van der Waals surface area contributed by atoms with Gasteiger partial charge in [-0.25, -0.2) is 0 Å². The van der Waals surface area contributed by atoms with Crippen molar-refractivity contribution < 1.29 is 41.7 Å². The van der Waals surface area contributed by atoms with Crippen molar-refractivity contribution in [2.75, 3.05) is 0 Å². The maximum absolute atomic E-state index is 9.91. The molecule has 1 unspecified atom stereocenters.